The fraction of sp³-hybridized carbons (Fsp3) is 0.478. The molecule has 0 radical (unpaired) electrons. The van der Waals surface area contributed by atoms with Crippen LogP contribution in [0.4, 0.5) is 0 Å². The topological polar surface area (TPSA) is 68.2 Å². The molecular weight excluding hydrogens is 380 g/mol. The molecule has 0 saturated carbocycles. The quantitative estimate of drug-likeness (QED) is 0.501. The van der Waals surface area contributed by atoms with E-state index in [2.05, 4.69) is 28.2 Å². The van der Waals surface area contributed by atoms with Crippen LogP contribution < -0.4 is 19.5 Å². The fourth-order valence-electron chi connectivity index (χ4n) is 3.29. The molecule has 1 aromatic heterocycles. The summed E-state index contributed by atoms with van der Waals surface area (Å²) >= 11 is 0. The van der Waals surface area contributed by atoms with Crippen molar-refractivity contribution in [3.63, 3.8) is 0 Å². The van der Waals surface area contributed by atoms with Gasteiger partial charge in [-0.3, -0.25) is 4.98 Å². The van der Waals surface area contributed by atoms with Crippen molar-refractivity contribution in [3.05, 3.63) is 46.8 Å². The van der Waals surface area contributed by atoms with Crippen molar-refractivity contribution in [1.82, 2.24) is 15.2 Å². The van der Waals surface area contributed by atoms with E-state index in [9.17, 15) is 0 Å². The zero-order valence-corrected chi connectivity index (χ0v) is 19.2. The number of benzene rings is 1. The maximum atomic E-state index is 5.51. The van der Waals surface area contributed by atoms with Crippen LogP contribution in [-0.4, -0.2) is 57.3 Å². The Morgan fingerprint density at radius 1 is 1.10 bits per heavy atom. The van der Waals surface area contributed by atoms with Gasteiger partial charge in [0.25, 0.3) is 0 Å². The first-order valence-corrected chi connectivity index (χ1v) is 10.1. The van der Waals surface area contributed by atoms with Crippen molar-refractivity contribution in [2.45, 2.75) is 33.7 Å². The summed E-state index contributed by atoms with van der Waals surface area (Å²) in [5.74, 6) is 3.20. The first kappa shape index (κ1) is 23.3. The number of hydrogen-bond acceptors (Lipinski definition) is 5. The first-order chi connectivity index (χ1) is 14.4. The number of hydrogen-bond donors (Lipinski definition) is 1. The number of nitrogens with one attached hydrogen (secondary N) is 1. The number of ether oxygens (including phenoxy) is 3. The van der Waals surface area contributed by atoms with E-state index in [1.165, 1.54) is 5.56 Å². The van der Waals surface area contributed by atoms with Crippen molar-refractivity contribution in [3.8, 4) is 17.2 Å². The molecule has 164 valence electrons. The number of nitrogens with zero attached hydrogens (tertiary/aromatic N) is 3. The maximum Gasteiger partial charge on any atom is 0.194 e. The summed E-state index contributed by atoms with van der Waals surface area (Å²) in [5, 5.41) is 3.36. The minimum atomic E-state index is 0.492. The molecule has 0 bridgehead atoms. The van der Waals surface area contributed by atoms with E-state index in [-0.39, 0.29) is 0 Å². The second kappa shape index (κ2) is 11.3. The normalized spacial score (nSPS) is 11.2. The summed E-state index contributed by atoms with van der Waals surface area (Å²) in [6.07, 6.45) is 2.70. The molecule has 0 atom stereocenters. The van der Waals surface area contributed by atoms with Crippen LogP contribution in [-0.2, 0) is 13.0 Å². The number of likely N-dealkylation sites (N-methyl/N-ethyl adjacent to an activating group) is 1. The third-order valence-electron chi connectivity index (χ3n) is 5.01. The third-order valence-corrected chi connectivity index (χ3v) is 5.01. The van der Waals surface area contributed by atoms with Gasteiger partial charge >= 0.3 is 0 Å². The van der Waals surface area contributed by atoms with Crippen LogP contribution in [0.25, 0.3) is 0 Å². The summed E-state index contributed by atoms with van der Waals surface area (Å²) in [6, 6.07) is 6.01. The second-order valence-corrected chi connectivity index (χ2v) is 7.08. The standard InChI is InChI=1S/C23H34N4O3/c1-8-24-23(26-15-19-17(3)22(30-7)16(2)14-25-19)27(4)12-11-18-9-10-20(28-5)21(13-18)29-6/h9-10,13-14H,8,11-12,15H2,1-7H3,(H,24,26). The second-order valence-electron chi connectivity index (χ2n) is 7.08. The molecule has 1 heterocycles. The van der Waals surface area contributed by atoms with E-state index in [0.29, 0.717) is 6.54 Å². The van der Waals surface area contributed by atoms with Crippen molar-refractivity contribution < 1.29 is 14.2 Å². The molecule has 0 spiro atoms. The fourth-order valence-corrected chi connectivity index (χ4v) is 3.29. The highest BCUT2D eigenvalue weighted by Gasteiger charge is 2.11. The smallest absolute Gasteiger partial charge is 0.194 e. The third kappa shape index (κ3) is 5.78. The molecule has 0 aliphatic carbocycles. The Bertz CT molecular complexity index is 868. The Hall–Kier alpha value is -2.96. The minimum Gasteiger partial charge on any atom is -0.496 e. The van der Waals surface area contributed by atoms with E-state index >= 15 is 0 Å². The zero-order valence-electron chi connectivity index (χ0n) is 19.2. The summed E-state index contributed by atoms with van der Waals surface area (Å²) in [7, 11) is 7.02. The Balaban J connectivity index is 2.10. The lowest BCUT2D eigenvalue weighted by atomic mass is 10.1. The highest BCUT2D eigenvalue weighted by molar-refractivity contribution is 5.79. The van der Waals surface area contributed by atoms with Crippen molar-refractivity contribution >= 4 is 5.96 Å². The van der Waals surface area contributed by atoms with E-state index < -0.39 is 0 Å². The van der Waals surface area contributed by atoms with E-state index in [1.54, 1.807) is 21.3 Å². The Kier molecular flexibility index (Phi) is 8.77. The molecule has 0 fully saturated rings. The van der Waals surface area contributed by atoms with Gasteiger partial charge in [0.05, 0.1) is 33.6 Å². The van der Waals surface area contributed by atoms with Gasteiger partial charge in [0, 0.05) is 37.5 Å². The number of methoxy groups -OCH3 is 3. The lowest BCUT2D eigenvalue weighted by Crippen LogP contribution is -2.40. The van der Waals surface area contributed by atoms with E-state index in [4.69, 9.17) is 19.2 Å². The number of aromatic nitrogens is 1. The first-order valence-electron chi connectivity index (χ1n) is 10.1. The molecule has 1 N–H and O–H groups in total. The predicted molar refractivity (Wildman–Crippen MR) is 121 cm³/mol. The predicted octanol–water partition coefficient (Wildman–Crippen LogP) is 3.36. The van der Waals surface area contributed by atoms with Crippen molar-refractivity contribution in [2.24, 2.45) is 4.99 Å². The summed E-state index contributed by atoms with van der Waals surface area (Å²) in [5.41, 5.74) is 4.16. The summed E-state index contributed by atoms with van der Waals surface area (Å²) in [4.78, 5) is 11.5. The number of guanidine groups is 1. The van der Waals surface area contributed by atoms with E-state index in [0.717, 1.165) is 59.5 Å². The molecule has 30 heavy (non-hydrogen) atoms. The van der Waals surface area contributed by atoms with Gasteiger partial charge in [-0.1, -0.05) is 6.07 Å². The maximum absolute atomic E-state index is 5.51. The van der Waals surface area contributed by atoms with Crippen LogP contribution in [0.3, 0.4) is 0 Å². The SMILES string of the molecule is CCNC(=NCc1ncc(C)c(OC)c1C)N(C)CCc1ccc(OC)c(OC)c1. The van der Waals surface area contributed by atoms with Gasteiger partial charge < -0.3 is 24.4 Å². The van der Waals surface area contributed by atoms with Crippen molar-refractivity contribution in [2.75, 3.05) is 41.5 Å². The zero-order chi connectivity index (χ0) is 22.1. The van der Waals surface area contributed by atoms with Gasteiger partial charge in [-0.25, -0.2) is 4.99 Å². The van der Waals surface area contributed by atoms with Crippen molar-refractivity contribution in [1.29, 1.82) is 0 Å². The Morgan fingerprint density at radius 3 is 2.47 bits per heavy atom. The Morgan fingerprint density at radius 2 is 1.83 bits per heavy atom. The van der Waals surface area contributed by atoms with Crippen LogP contribution in [0.15, 0.2) is 29.4 Å². The molecule has 7 heteroatoms. The summed E-state index contributed by atoms with van der Waals surface area (Å²) < 4.78 is 16.2. The number of pyridine rings is 1. The molecule has 0 aliphatic heterocycles. The van der Waals surface area contributed by atoms with Gasteiger partial charge in [-0.15, -0.1) is 0 Å². The largest absolute Gasteiger partial charge is 0.496 e. The van der Waals surface area contributed by atoms with Gasteiger partial charge in [-0.2, -0.15) is 0 Å². The van der Waals surface area contributed by atoms with Crippen LogP contribution in [0.1, 0.15) is 29.3 Å². The lowest BCUT2D eigenvalue weighted by Gasteiger charge is -2.22. The van der Waals surface area contributed by atoms with Crippen LogP contribution in [0, 0.1) is 13.8 Å². The monoisotopic (exact) mass is 414 g/mol. The highest BCUT2D eigenvalue weighted by atomic mass is 16.5. The average molecular weight is 415 g/mol. The van der Waals surface area contributed by atoms with Gasteiger partial charge in [0.15, 0.2) is 17.5 Å². The molecule has 0 saturated heterocycles. The molecule has 2 aromatic rings. The molecule has 2 rings (SSSR count). The number of aliphatic imine (C=N–C) groups is 1. The molecular formula is C23H34N4O3. The van der Waals surface area contributed by atoms with Crippen LogP contribution in [0.5, 0.6) is 17.2 Å². The Labute approximate surface area is 180 Å². The van der Waals surface area contributed by atoms with Crippen LogP contribution >= 0.6 is 0 Å². The molecule has 1 aromatic carbocycles. The van der Waals surface area contributed by atoms with E-state index in [1.807, 2.05) is 39.2 Å². The highest BCUT2D eigenvalue weighted by Crippen LogP contribution is 2.28. The van der Waals surface area contributed by atoms with Crippen LogP contribution in [0.2, 0.25) is 0 Å². The lowest BCUT2D eigenvalue weighted by molar-refractivity contribution is 0.354. The minimum absolute atomic E-state index is 0.492. The molecule has 0 amide bonds. The molecule has 0 unspecified atom stereocenters. The number of aryl methyl sites for hydroxylation is 1. The average Bonchev–Trinajstić information content (AvgIpc) is 2.76. The molecule has 0 aliphatic rings. The number of rotatable bonds is 9. The van der Waals surface area contributed by atoms with Gasteiger partial charge in [0.2, 0.25) is 0 Å². The van der Waals surface area contributed by atoms with Gasteiger partial charge in [0.1, 0.15) is 5.75 Å². The van der Waals surface area contributed by atoms with Gasteiger partial charge in [-0.05, 0) is 44.9 Å². The summed E-state index contributed by atoms with van der Waals surface area (Å²) in [6.45, 7) is 8.19. The molecule has 7 nitrogen and oxygen atoms in total.